The Morgan fingerprint density at radius 2 is 1.88 bits per heavy atom. The van der Waals surface area contributed by atoms with E-state index in [-0.39, 0.29) is 11.5 Å². The molecule has 0 radical (unpaired) electrons. The Hall–Kier alpha value is 0.270. The minimum absolute atomic E-state index is 0.0325. The average molecular weight is 245 g/mol. The molecule has 2 nitrogen and oxygen atoms in total. The number of rotatable bonds is 6. The first kappa shape index (κ1) is 14.3. The molecule has 96 valence electrons. The minimum atomic E-state index is -0.186. The molecule has 3 N–H and O–H groups in total. The molecule has 1 rings (SSSR count). The number of hydrogen-bond donors (Lipinski definition) is 2. The number of aliphatic hydroxyl groups excluding tert-OH is 1. The van der Waals surface area contributed by atoms with Crippen LogP contribution in [0.5, 0.6) is 0 Å². The lowest BCUT2D eigenvalue weighted by Gasteiger charge is -2.36. The van der Waals surface area contributed by atoms with Gasteiger partial charge in [0.15, 0.2) is 0 Å². The minimum Gasteiger partial charge on any atom is -0.392 e. The maximum Gasteiger partial charge on any atom is 0.0616 e. The Kier molecular flexibility index (Phi) is 6.78. The molecule has 0 spiro atoms. The molecule has 0 bridgehead atoms. The predicted molar refractivity (Wildman–Crippen MR) is 72.8 cm³/mol. The van der Waals surface area contributed by atoms with Crippen molar-refractivity contribution in [2.75, 3.05) is 18.1 Å². The van der Waals surface area contributed by atoms with Crippen molar-refractivity contribution >= 4 is 11.8 Å². The second-order valence-corrected chi connectivity index (χ2v) is 6.38. The molecule has 1 aliphatic carbocycles. The second-order valence-electron chi connectivity index (χ2n) is 4.98. The van der Waals surface area contributed by atoms with Gasteiger partial charge >= 0.3 is 0 Å². The summed E-state index contributed by atoms with van der Waals surface area (Å²) < 4.78 is 0. The smallest absolute Gasteiger partial charge is 0.0616 e. The third-order valence-electron chi connectivity index (χ3n) is 3.95. The van der Waals surface area contributed by atoms with Gasteiger partial charge in [-0.05, 0) is 30.8 Å². The standard InChI is InChI=1S/C13H27NOS/c1-2-16-10-7-12(15)13(11-14)8-5-3-4-6-9-13/h12,15H,2-11,14H2,1H3. The van der Waals surface area contributed by atoms with Gasteiger partial charge in [0, 0.05) is 12.0 Å². The molecule has 1 fully saturated rings. The first-order valence-electron chi connectivity index (χ1n) is 6.71. The van der Waals surface area contributed by atoms with E-state index in [1.165, 1.54) is 25.7 Å². The van der Waals surface area contributed by atoms with E-state index in [0.717, 1.165) is 30.8 Å². The molecule has 1 unspecified atom stereocenters. The number of thioether (sulfide) groups is 1. The van der Waals surface area contributed by atoms with Gasteiger partial charge < -0.3 is 10.8 Å². The van der Waals surface area contributed by atoms with E-state index in [1.807, 2.05) is 11.8 Å². The fourth-order valence-corrected chi connectivity index (χ4v) is 3.43. The molecule has 3 heteroatoms. The molecule has 1 atom stereocenters. The molecule has 0 heterocycles. The largest absolute Gasteiger partial charge is 0.392 e. The summed E-state index contributed by atoms with van der Waals surface area (Å²) in [5.74, 6) is 2.21. The summed E-state index contributed by atoms with van der Waals surface area (Å²) >= 11 is 1.91. The van der Waals surface area contributed by atoms with Gasteiger partial charge in [-0.1, -0.05) is 32.6 Å². The summed E-state index contributed by atoms with van der Waals surface area (Å²) in [4.78, 5) is 0. The Balaban J connectivity index is 2.48. The molecule has 0 amide bonds. The highest BCUT2D eigenvalue weighted by Crippen LogP contribution is 2.38. The Morgan fingerprint density at radius 3 is 2.38 bits per heavy atom. The van der Waals surface area contributed by atoms with Crippen LogP contribution in [0.15, 0.2) is 0 Å². The van der Waals surface area contributed by atoms with Crippen molar-refractivity contribution in [3.63, 3.8) is 0 Å². The zero-order valence-corrected chi connectivity index (χ0v) is 11.4. The normalized spacial score (nSPS) is 22.7. The third-order valence-corrected chi connectivity index (χ3v) is 4.89. The van der Waals surface area contributed by atoms with Gasteiger partial charge in [0.25, 0.3) is 0 Å². The van der Waals surface area contributed by atoms with Crippen LogP contribution in [0.2, 0.25) is 0 Å². The highest BCUT2D eigenvalue weighted by Gasteiger charge is 2.36. The summed E-state index contributed by atoms with van der Waals surface area (Å²) in [5.41, 5.74) is 5.98. The van der Waals surface area contributed by atoms with Crippen LogP contribution in [0, 0.1) is 5.41 Å². The van der Waals surface area contributed by atoms with Gasteiger partial charge in [-0.15, -0.1) is 0 Å². The lowest BCUT2D eigenvalue weighted by Crippen LogP contribution is -2.41. The van der Waals surface area contributed by atoms with E-state index in [0.29, 0.717) is 6.54 Å². The molecule has 0 aliphatic heterocycles. The van der Waals surface area contributed by atoms with Crippen LogP contribution < -0.4 is 5.73 Å². The zero-order valence-electron chi connectivity index (χ0n) is 10.6. The van der Waals surface area contributed by atoms with Crippen LogP contribution in [0.1, 0.15) is 51.9 Å². The Morgan fingerprint density at radius 1 is 1.25 bits per heavy atom. The topological polar surface area (TPSA) is 46.2 Å². The van der Waals surface area contributed by atoms with Gasteiger partial charge in [-0.2, -0.15) is 11.8 Å². The predicted octanol–water partition coefficient (Wildman–Crippen LogP) is 2.79. The van der Waals surface area contributed by atoms with Crippen molar-refractivity contribution in [2.45, 2.75) is 58.0 Å². The lowest BCUT2D eigenvalue weighted by atomic mass is 9.74. The van der Waals surface area contributed by atoms with Crippen molar-refractivity contribution in [2.24, 2.45) is 11.1 Å². The molecule has 0 aromatic rings. The molecule has 0 aromatic heterocycles. The molecule has 0 aromatic carbocycles. The molecule has 0 saturated heterocycles. The maximum absolute atomic E-state index is 10.4. The summed E-state index contributed by atoms with van der Waals surface area (Å²) in [6.45, 7) is 2.83. The maximum atomic E-state index is 10.4. The zero-order chi connectivity index (χ0) is 11.9. The fourth-order valence-electron chi connectivity index (χ4n) is 2.75. The number of aliphatic hydroxyl groups is 1. The molecule has 1 saturated carbocycles. The second kappa shape index (κ2) is 7.57. The van der Waals surface area contributed by atoms with Gasteiger partial charge in [-0.3, -0.25) is 0 Å². The van der Waals surface area contributed by atoms with Crippen LogP contribution >= 0.6 is 11.8 Å². The van der Waals surface area contributed by atoms with E-state index in [2.05, 4.69) is 6.92 Å². The van der Waals surface area contributed by atoms with E-state index in [1.54, 1.807) is 0 Å². The monoisotopic (exact) mass is 245 g/mol. The van der Waals surface area contributed by atoms with Crippen molar-refractivity contribution in [1.29, 1.82) is 0 Å². The van der Waals surface area contributed by atoms with Crippen LogP contribution in [-0.4, -0.2) is 29.3 Å². The summed E-state index contributed by atoms with van der Waals surface area (Å²) in [6, 6.07) is 0. The van der Waals surface area contributed by atoms with E-state index in [9.17, 15) is 5.11 Å². The highest BCUT2D eigenvalue weighted by molar-refractivity contribution is 7.99. The Bertz CT molecular complexity index is 179. The van der Waals surface area contributed by atoms with E-state index in [4.69, 9.17) is 5.73 Å². The first-order chi connectivity index (χ1) is 7.75. The van der Waals surface area contributed by atoms with E-state index < -0.39 is 0 Å². The summed E-state index contributed by atoms with van der Waals surface area (Å²) in [5, 5.41) is 10.4. The average Bonchev–Trinajstić information content (AvgIpc) is 2.55. The van der Waals surface area contributed by atoms with Gasteiger partial charge in [0.05, 0.1) is 6.10 Å². The quantitative estimate of drug-likeness (QED) is 0.559. The van der Waals surface area contributed by atoms with Gasteiger partial charge in [0.1, 0.15) is 0 Å². The third kappa shape index (κ3) is 3.94. The highest BCUT2D eigenvalue weighted by atomic mass is 32.2. The number of hydrogen-bond acceptors (Lipinski definition) is 3. The van der Waals surface area contributed by atoms with Crippen LogP contribution in [0.3, 0.4) is 0 Å². The van der Waals surface area contributed by atoms with Crippen molar-refractivity contribution < 1.29 is 5.11 Å². The SMILES string of the molecule is CCSCCC(O)C1(CN)CCCCCC1. The molecular weight excluding hydrogens is 218 g/mol. The van der Waals surface area contributed by atoms with Crippen LogP contribution in [0.25, 0.3) is 0 Å². The van der Waals surface area contributed by atoms with Crippen LogP contribution in [0.4, 0.5) is 0 Å². The summed E-state index contributed by atoms with van der Waals surface area (Å²) in [6.07, 6.45) is 8.11. The number of nitrogens with two attached hydrogens (primary N) is 1. The van der Waals surface area contributed by atoms with Crippen molar-refractivity contribution in [3.8, 4) is 0 Å². The Labute approximate surface area is 104 Å². The molecule has 1 aliphatic rings. The molecule has 16 heavy (non-hydrogen) atoms. The fraction of sp³-hybridized carbons (Fsp3) is 1.00. The van der Waals surface area contributed by atoms with Gasteiger partial charge in [0.2, 0.25) is 0 Å². The first-order valence-corrected chi connectivity index (χ1v) is 7.86. The van der Waals surface area contributed by atoms with Crippen molar-refractivity contribution in [3.05, 3.63) is 0 Å². The molecular formula is C13H27NOS. The lowest BCUT2D eigenvalue weighted by molar-refractivity contribution is 0.0166. The van der Waals surface area contributed by atoms with Crippen molar-refractivity contribution in [1.82, 2.24) is 0 Å². The van der Waals surface area contributed by atoms with E-state index >= 15 is 0 Å². The van der Waals surface area contributed by atoms with Gasteiger partial charge in [-0.25, -0.2) is 0 Å². The van der Waals surface area contributed by atoms with Crippen LogP contribution in [-0.2, 0) is 0 Å². The summed E-state index contributed by atoms with van der Waals surface area (Å²) in [7, 11) is 0.